The Balaban J connectivity index is 2.05. The van der Waals surface area contributed by atoms with E-state index in [4.69, 9.17) is 0 Å². The van der Waals surface area contributed by atoms with Crippen molar-refractivity contribution in [3.8, 4) is 0 Å². The Bertz CT molecular complexity index is 514. The molecule has 1 aliphatic rings. The van der Waals surface area contributed by atoms with E-state index in [1.165, 1.54) is 6.08 Å². The summed E-state index contributed by atoms with van der Waals surface area (Å²) in [7, 11) is 0. The molecule has 0 aliphatic carbocycles. The molecule has 0 aromatic heterocycles. The van der Waals surface area contributed by atoms with Crippen molar-refractivity contribution in [3.05, 3.63) is 42.0 Å². The molecule has 0 bridgehead atoms. The minimum Gasteiger partial charge on any atom is -0.355 e. The lowest BCUT2D eigenvalue weighted by atomic mass is 10.1. The van der Waals surface area contributed by atoms with Gasteiger partial charge in [-0.3, -0.25) is 9.59 Å². The van der Waals surface area contributed by atoms with E-state index in [1.807, 2.05) is 37.3 Å². The Labute approximate surface area is 125 Å². The molecule has 2 N–H and O–H groups in total. The summed E-state index contributed by atoms with van der Waals surface area (Å²) >= 11 is 0. The predicted molar refractivity (Wildman–Crippen MR) is 82.5 cm³/mol. The van der Waals surface area contributed by atoms with Crippen LogP contribution in [0.25, 0.3) is 6.08 Å². The first kappa shape index (κ1) is 15.3. The lowest BCUT2D eigenvalue weighted by Gasteiger charge is -2.34. The van der Waals surface area contributed by atoms with E-state index >= 15 is 0 Å². The van der Waals surface area contributed by atoms with E-state index < -0.39 is 6.04 Å². The fraction of sp³-hybridized carbons (Fsp3) is 0.375. The van der Waals surface area contributed by atoms with Crippen molar-refractivity contribution in [2.24, 2.45) is 0 Å². The number of likely N-dealkylation sites (N-methyl/N-ethyl adjacent to an activating group) is 1. The van der Waals surface area contributed by atoms with Gasteiger partial charge in [0.05, 0.1) is 0 Å². The zero-order chi connectivity index (χ0) is 15.1. The molecule has 2 amide bonds. The molecule has 0 spiro atoms. The van der Waals surface area contributed by atoms with Gasteiger partial charge >= 0.3 is 0 Å². The normalized spacial score (nSPS) is 18.7. The zero-order valence-corrected chi connectivity index (χ0v) is 12.2. The molecule has 1 heterocycles. The maximum Gasteiger partial charge on any atom is 0.247 e. The molecule has 0 saturated carbocycles. The number of carbonyl (C=O) groups is 2. The highest BCUT2D eigenvalue weighted by Crippen LogP contribution is 2.07. The summed E-state index contributed by atoms with van der Waals surface area (Å²) in [5.41, 5.74) is 0.968. The third-order valence-electron chi connectivity index (χ3n) is 3.40. The van der Waals surface area contributed by atoms with Crippen LogP contribution in [0, 0.1) is 0 Å². The molecular weight excluding hydrogens is 266 g/mol. The zero-order valence-electron chi connectivity index (χ0n) is 12.2. The number of nitrogens with zero attached hydrogens (tertiary/aromatic N) is 1. The Morgan fingerprint density at radius 1 is 1.38 bits per heavy atom. The van der Waals surface area contributed by atoms with E-state index in [-0.39, 0.29) is 11.8 Å². The molecule has 1 atom stereocenters. The van der Waals surface area contributed by atoms with Crippen molar-refractivity contribution in [3.63, 3.8) is 0 Å². The highest BCUT2D eigenvalue weighted by Gasteiger charge is 2.30. The van der Waals surface area contributed by atoms with Crippen molar-refractivity contribution < 1.29 is 9.59 Å². The molecule has 1 unspecified atom stereocenters. The van der Waals surface area contributed by atoms with Gasteiger partial charge in [-0.15, -0.1) is 0 Å². The third-order valence-corrected chi connectivity index (χ3v) is 3.40. The Morgan fingerprint density at radius 2 is 2.14 bits per heavy atom. The smallest absolute Gasteiger partial charge is 0.247 e. The summed E-state index contributed by atoms with van der Waals surface area (Å²) in [6, 6.07) is 9.21. The number of benzene rings is 1. The van der Waals surface area contributed by atoms with Gasteiger partial charge in [0.15, 0.2) is 0 Å². The second kappa shape index (κ2) is 7.59. The quantitative estimate of drug-likeness (QED) is 0.799. The van der Waals surface area contributed by atoms with Crippen LogP contribution in [0.2, 0.25) is 0 Å². The van der Waals surface area contributed by atoms with Crippen LogP contribution < -0.4 is 10.6 Å². The Kier molecular flexibility index (Phi) is 5.51. The molecule has 5 heteroatoms. The average Bonchev–Trinajstić information content (AvgIpc) is 2.54. The summed E-state index contributed by atoms with van der Waals surface area (Å²) in [6.07, 6.45) is 3.31. The Hall–Kier alpha value is -2.14. The van der Waals surface area contributed by atoms with Crippen LogP contribution in [0.5, 0.6) is 0 Å². The number of rotatable bonds is 4. The first-order valence-corrected chi connectivity index (χ1v) is 7.24. The molecule has 0 radical (unpaired) electrons. The van der Waals surface area contributed by atoms with Gasteiger partial charge in [-0.25, -0.2) is 0 Å². The molecule has 2 rings (SSSR count). The topological polar surface area (TPSA) is 61.4 Å². The van der Waals surface area contributed by atoms with Crippen molar-refractivity contribution in [1.29, 1.82) is 0 Å². The largest absolute Gasteiger partial charge is 0.355 e. The first-order valence-electron chi connectivity index (χ1n) is 7.24. The summed E-state index contributed by atoms with van der Waals surface area (Å²) < 4.78 is 0. The van der Waals surface area contributed by atoms with Crippen molar-refractivity contribution >= 4 is 17.9 Å². The average molecular weight is 287 g/mol. The van der Waals surface area contributed by atoms with Gasteiger partial charge in [-0.05, 0) is 18.6 Å². The summed E-state index contributed by atoms with van der Waals surface area (Å²) in [4.78, 5) is 26.0. The van der Waals surface area contributed by atoms with Crippen LogP contribution in [-0.4, -0.2) is 48.9 Å². The highest BCUT2D eigenvalue weighted by molar-refractivity contribution is 5.95. The lowest BCUT2D eigenvalue weighted by Crippen LogP contribution is -2.59. The maximum absolute atomic E-state index is 12.3. The first-order chi connectivity index (χ1) is 10.2. The third kappa shape index (κ3) is 4.16. The van der Waals surface area contributed by atoms with Crippen LogP contribution in [0.4, 0.5) is 0 Å². The summed E-state index contributed by atoms with van der Waals surface area (Å²) in [6.45, 7) is 4.18. The summed E-state index contributed by atoms with van der Waals surface area (Å²) in [5.74, 6) is -0.234. The van der Waals surface area contributed by atoms with Gasteiger partial charge in [-0.2, -0.15) is 0 Å². The highest BCUT2D eigenvalue weighted by atomic mass is 16.2. The Morgan fingerprint density at radius 3 is 2.86 bits per heavy atom. The molecular formula is C16H21N3O2. The molecule has 1 aliphatic heterocycles. The number of piperazine rings is 1. The second-order valence-corrected chi connectivity index (χ2v) is 4.89. The molecule has 1 aromatic carbocycles. The molecule has 5 nitrogen and oxygen atoms in total. The van der Waals surface area contributed by atoms with E-state index in [2.05, 4.69) is 10.6 Å². The molecule has 1 aromatic rings. The second-order valence-electron chi connectivity index (χ2n) is 4.89. The molecule has 1 saturated heterocycles. The van der Waals surface area contributed by atoms with E-state index in [9.17, 15) is 9.59 Å². The van der Waals surface area contributed by atoms with E-state index in [1.54, 1.807) is 11.0 Å². The van der Waals surface area contributed by atoms with Gasteiger partial charge in [0, 0.05) is 32.3 Å². The van der Waals surface area contributed by atoms with Crippen LogP contribution in [-0.2, 0) is 9.59 Å². The SMILES string of the molecule is CCNC(=O)C1CNCCN1C(=O)C=Cc1ccccc1. The van der Waals surface area contributed by atoms with Gasteiger partial charge in [0.1, 0.15) is 6.04 Å². The van der Waals surface area contributed by atoms with Crippen LogP contribution in [0.1, 0.15) is 12.5 Å². The van der Waals surface area contributed by atoms with Gasteiger partial charge in [0.25, 0.3) is 0 Å². The number of hydrogen-bond donors (Lipinski definition) is 2. The number of amides is 2. The number of carbonyl (C=O) groups excluding carboxylic acids is 2. The van der Waals surface area contributed by atoms with Crippen LogP contribution >= 0.6 is 0 Å². The monoisotopic (exact) mass is 287 g/mol. The lowest BCUT2D eigenvalue weighted by molar-refractivity contribution is -0.138. The van der Waals surface area contributed by atoms with Gasteiger partial charge < -0.3 is 15.5 Å². The van der Waals surface area contributed by atoms with Crippen molar-refractivity contribution in [2.75, 3.05) is 26.2 Å². The fourth-order valence-electron chi connectivity index (χ4n) is 2.32. The molecule has 112 valence electrons. The van der Waals surface area contributed by atoms with Gasteiger partial charge in [-0.1, -0.05) is 30.3 Å². The predicted octanol–water partition coefficient (Wildman–Crippen LogP) is 0.636. The maximum atomic E-state index is 12.3. The van der Waals surface area contributed by atoms with Gasteiger partial charge in [0.2, 0.25) is 11.8 Å². The molecule has 1 fully saturated rings. The standard InChI is InChI=1S/C16H21N3O2/c1-2-18-16(21)14-12-17-10-11-19(14)15(20)9-8-13-6-4-3-5-7-13/h3-9,14,17H,2,10-12H2,1H3,(H,18,21). The van der Waals surface area contributed by atoms with Crippen LogP contribution in [0.15, 0.2) is 36.4 Å². The van der Waals surface area contributed by atoms with Crippen molar-refractivity contribution in [2.45, 2.75) is 13.0 Å². The minimum absolute atomic E-state index is 0.105. The fourth-order valence-corrected chi connectivity index (χ4v) is 2.32. The number of nitrogens with one attached hydrogen (secondary N) is 2. The molecule has 21 heavy (non-hydrogen) atoms. The number of hydrogen-bond acceptors (Lipinski definition) is 3. The van der Waals surface area contributed by atoms with Crippen LogP contribution in [0.3, 0.4) is 0 Å². The van der Waals surface area contributed by atoms with Crippen molar-refractivity contribution in [1.82, 2.24) is 15.5 Å². The van der Waals surface area contributed by atoms with E-state index in [0.717, 1.165) is 5.56 Å². The van der Waals surface area contributed by atoms with E-state index in [0.29, 0.717) is 26.2 Å². The minimum atomic E-state index is -0.438. The summed E-state index contributed by atoms with van der Waals surface area (Å²) in [5, 5.41) is 5.93.